The van der Waals surface area contributed by atoms with Gasteiger partial charge in [0.1, 0.15) is 0 Å². The van der Waals surface area contributed by atoms with E-state index in [1.165, 1.54) is 0 Å². The van der Waals surface area contributed by atoms with Gasteiger partial charge in [0.05, 0.1) is 13.2 Å². The molecule has 0 saturated carbocycles. The van der Waals surface area contributed by atoms with Gasteiger partial charge in [-0.1, -0.05) is 27.7 Å². The van der Waals surface area contributed by atoms with Gasteiger partial charge in [-0.3, -0.25) is 19.2 Å². The van der Waals surface area contributed by atoms with Crippen LogP contribution in [0.5, 0.6) is 0 Å². The molecule has 0 aliphatic rings. The topological polar surface area (TPSA) is 111 Å². The fourth-order valence-electron chi connectivity index (χ4n) is 1.92. The van der Waals surface area contributed by atoms with Crippen molar-refractivity contribution in [2.75, 3.05) is 23.8 Å². The summed E-state index contributed by atoms with van der Waals surface area (Å²) < 4.78 is 9.69. The van der Waals surface area contributed by atoms with Gasteiger partial charge >= 0.3 is 11.9 Å². The van der Waals surface area contributed by atoms with Gasteiger partial charge in [0.15, 0.2) is 0 Å². The molecule has 0 saturated heterocycles. The van der Waals surface area contributed by atoms with E-state index in [4.69, 9.17) is 9.47 Å². The van der Waals surface area contributed by atoms with Gasteiger partial charge in [-0.15, -0.1) is 0 Å². The molecule has 2 amide bonds. The second kappa shape index (κ2) is 17.0. The molecule has 30 heavy (non-hydrogen) atoms. The van der Waals surface area contributed by atoms with E-state index in [1.807, 2.05) is 0 Å². The van der Waals surface area contributed by atoms with E-state index >= 15 is 0 Å². The number of nitrogens with one attached hydrogen (secondary N) is 2. The fourth-order valence-corrected chi connectivity index (χ4v) is 1.92. The van der Waals surface area contributed by atoms with Crippen LogP contribution in [-0.2, 0) is 28.7 Å². The maximum absolute atomic E-state index is 11.1. The monoisotopic (exact) mass is 422 g/mol. The summed E-state index contributed by atoms with van der Waals surface area (Å²) in [7, 11) is 0. The first-order chi connectivity index (χ1) is 14.4. The van der Waals surface area contributed by atoms with E-state index < -0.39 is 0 Å². The molecule has 1 aromatic carbocycles. The molecule has 0 fully saturated rings. The van der Waals surface area contributed by atoms with Crippen molar-refractivity contribution in [3.05, 3.63) is 24.3 Å². The van der Waals surface area contributed by atoms with Crippen LogP contribution in [0, 0.1) is 0 Å². The molecule has 0 aromatic heterocycles. The molecule has 0 atom stereocenters. The Morgan fingerprint density at radius 1 is 0.633 bits per heavy atom. The first-order valence-corrected chi connectivity index (χ1v) is 10.4. The van der Waals surface area contributed by atoms with Crippen molar-refractivity contribution in [3.8, 4) is 0 Å². The summed E-state index contributed by atoms with van der Waals surface area (Å²) in [6.07, 6.45) is 3.20. The summed E-state index contributed by atoms with van der Waals surface area (Å²) in [6.45, 7) is 7.93. The van der Waals surface area contributed by atoms with Crippen LogP contribution >= 0.6 is 0 Å². The Hall–Kier alpha value is -2.90. The van der Waals surface area contributed by atoms with Crippen LogP contribution in [-0.4, -0.2) is 37.0 Å². The van der Waals surface area contributed by atoms with Crippen LogP contribution in [0.25, 0.3) is 0 Å². The number of anilines is 2. The summed E-state index contributed by atoms with van der Waals surface area (Å²) in [5.74, 6) is -0.415. The number of carbonyl (C=O) groups is 4. The maximum atomic E-state index is 11.1. The summed E-state index contributed by atoms with van der Waals surface area (Å²) in [6, 6.07) is 7.05. The lowest BCUT2D eigenvalue weighted by atomic mass is 10.2. The van der Waals surface area contributed by atoms with Crippen LogP contribution in [0.3, 0.4) is 0 Å². The number of hydrogen-bond donors (Lipinski definition) is 2. The van der Waals surface area contributed by atoms with Crippen LogP contribution < -0.4 is 10.6 Å². The Bertz CT molecular complexity index is 601. The van der Waals surface area contributed by atoms with Gasteiger partial charge in [0, 0.05) is 37.1 Å². The molecule has 1 rings (SSSR count). The fraction of sp³-hybridized carbons (Fsp3) is 0.545. The van der Waals surface area contributed by atoms with Crippen molar-refractivity contribution in [1.82, 2.24) is 0 Å². The zero-order valence-electron chi connectivity index (χ0n) is 18.4. The summed E-state index contributed by atoms with van der Waals surface area (Å²) in [4.78, 5) is 43.6. The number of carbonyl (C=O) groups excluding carboxylic acids is 4. The van der Waals surface area contributed by atoms with Crippen LogP contribution in [0.2, 0.25) is 0 Å². The number of rotatable bonds is 11. The predicted molar refractivity (Wildman–Crippen MR) is 116 cm³/mol. The zero-order valence-corrected chi connectivity index (χ0v) is 18.4. The van der Waals surface area contributed by atoms with E-state index in [2.05, 4.69) is 10.6 Å². The third-order valence-electron chi connectivity index (χ3n) is 3.74. The van der Waals surface area contributed by atoms with E-state index in [1.54, 1.807) is 52.0 Å². The standard InChI is InChI=1S/C12H16N2O2.C10H18O4/c1-3-11(15)13-9-5-7-10(8-6-9)14-12(16)4-2;1-3-9(11)13-7-5-6-8-14-10(12)4-2/h5-8H,3-4H2,1-2H3,(H,13,15)(H,14,16);3-8H2,1-2H3. The van der Waals surface area contributed by atoms with Crippen molar-refractivity contribution < 1.29 is 28.7 Å². The lowest BCUT2D eigenvalue weighted by Gasteiger charge is -2.06. The van der Waals surface area contributed by atoms with Crippen LogP contribution in [0.1, 0.15) is 66.2 Å². The van der Waals surface area contributed by atoms with E-state index in [-0.39, 0.29) is 23.8 Å². The molecule has 0 unspecified atom stereocenters. The van der Waals surface area contributed by atoms with Gasteiger partial charge in [-0.05, 0) is 37.1 Å². The minimum Gasteiger partial charge on any atom is -0.466 e. The number of benzene rings is 1. The quantitative estimate of drug-likeness (QED) is 0.411. The van der Waals surface area contributed by atoms with E-state index in [9.17, 15) is 19.2 Å². The highest BCUT2D eigenvalue weighted by molar-refractivity contribution is 5.92. The first-order valence-electron chi connectivity index (χ1n) is 10.4. The molecule has 0 spiro atoms. The average Bonchev–Trinajstić information content (AvgIpc) is 2.77. The Morgan fingerprint density at radius 3 is 1.23 bits per heavy atom. The first kappa shape index (κ1) is 27.1. The number of amides is 2. The Kier molecular flexibility index (Phi) is 15.4. The number of hydrogen-bond acceptors (Lipinski definition) is 6. The smallest absolute Gasteiger partial charge is 0.305 e. The highest BCUT2D eigenvalue weighted by Gasteiger charge is 2.01. The van der Waals surface area contributed by atoms with Crippen molar-refractivity contribution >= 4 is 35.1 Å². The molecule has 2 N–H and O–H groups in total. The highest BCUT2D eigenvalue weighted by Crippen LogP contribution is 2.13. The lowest BCUT2D eigenvalue weighted by molar-refractivity contribution is -0.145. The second-order valence-corrected chi connectivity index (χ2v) is 6.24. The molecular weight excluding hydrogens is 388 g/mol. The molecule has 8 nitrogen and oxygen atoms in total. The van der Waals surface area contributed by atoms with Crippen molar-refractivity contribution in [2.45, 2.75) is 66.2 Å². The molecule has 0 radical (unpaired) electrons. The number of ether oxygens (including phenoxy) is 2. The molecule has 0 aliphatic carbocycles. The summed E-state index contributed by atoms with van der Waals surface area (Å²) in [5.41, 5.74) is 1.47. The molecule has 1 aromatic rings. The van der Waals surface area contributed by atoms with Gasteiger partial charge in [-0.25, -0.2) is 0 Å². The third-order valence-corrected chi connectivity index (χ3v) is 3.74. The molecular formula is C22H34N2O6. The predicted octanol–water partition coefficient (Wildman–Crippen LogP) is 4.06. The minimum atomic E-state index is -0.185. The largest absolute Gasteiger partial charge is 0.466 e. The Labute approximate surface area is 178 Å². The molecule has 0 aliphatic heterocycles. The van der Waals surface area contributed by atoms with Crippen LogP contribution in [0.4, 0.5) is 11.4 Å². The Balaban J connectivity index is 0.000000567. The van der Waals surface area contributed by atoms with Gasteiger partial charge in [-0.2, -0.15) is 0 Å². The van der Waals surface area contributed by atoms with Gasteiger partial charge < -0.3 is 20.1 Å². The molecule has 0 bridgehead atoms. The van der Waals surface area contributed by atoms with Crippen molar-refractivity contribution in [3.63, 3.8) is 0 Å². The van der Waals surface area contributed by atoms with Gasteiger partial charge in [0.2, 0.25) is 11.8 Å². The Morgan fingerprint density at radius 2 is 0.967 bits per heavy atom. The van der Waals surface area contributed by atoms with E-state index in [0.29, 0.717) is 38.9 Å². The maximum Gasteiger partial charge on any atom is 0.305 e. The molecule has 8 heteroatoms. The van der Waals surface area contributed by atoms with Crippen molar-refractivity contribution in [2.24, 2.45) is 0 Å². The average molecular weight is 423 g/mol. The summed E-state index contributed by atoms with van der Waals surface area (Å²) in [5, 5.41) is 5.47. The SMILES string of the molecule is CCC(=O)Nc1ccc(NC(=O)CC)cc1.CCC(=O)OCCCCOC(=O)CC. The van der Waals surface area contributed by atoms with Crippen LogP contribution in [0.15, 0.2) is 24.3 Å². The lowest BCUT2D eigenvalue weighted by Crippen LogP contribution is -2.11. The summed E-state index contributed by atoms with van der Waals surface area (Å²) >= 11 is 0. The van der Waals surface area contributed by atoms with Crippen molar-refractivity contribution in [1.29, 1.82) is 0 Å². The number of unbranched alkanes of at least 4 members (excludes halogenated alkanes) is 1. The second-order valence-electron chi connectivity index (χ2n) is 6.24. The van der Waals surface area contributed by atoms with Gasteiger partial charge in [0.25, 0.3) is 0 Å². The third kappa shape index (κ3) is 14.1. The van der Waals surface area contributed by atoms with E-state index in [0.717, 1.165) is 24.2 Å². The highest BCUT2D eigenvalue weighted by atomic mass is 16.5. The normalized spacial score (nSPS) is 9.60. The number of esters is 2. The minimum absolute atomic E-state index is 0.0228. The zero-order chi connectivity index (χ0) is 22.8. The molecule has 0 heterocycles. The molecule has 168 valence electrons.